The van der Waals surface area contributed by atoms with Crippen LogP contribution in [0.5, 0.6) is 5.75 Å². The highest BCUT2D eigenvalue weighted by Crippen LogP contribution is 2.24. The van der Waals surface area contributed by atoms with Crippen LogP contribution in [0.15, 0.2) is 42.5 Å². The fourth-order valence-electron chi connectivity index (χ4n) is 4.52. The largest absolute Gasteiger partial charge is 0.484 e. The predicted molar refractivity (Wildman–Crippen MR) is 148 cm³/mol. The first kappa shape index (κ1) is 32.2. The van der Waals surface area contributed by atoms with Gasteiger partial charge >= 0.3 is 5.97 Å². The fourth-order valence-corrected chi connectivity index (χ4v) is 4.52. The molecule has 6 nitrogen and oxygen atoms in total. The number of carbonyl (C=O) groups excluding carboxylic acids is 1. The van der Waals surface area contributed by atoms with Gasteiger partial charge in [0.05, 0.1) is 0 Å². The summed E-state index contributed by atoms with van der Waals surface area (Å²) in [5.41, 5.74) is -0.262. The van der Waals surface area contributed by atoms with Gasteiger partial charge in [0.1, 0.15) is 17.4 Å². The quantitative estimate of drug-likeness (QED) is 0.193. The maximum absolute atomic E-state index is 14.3. The van der Waals surface area contributed by atoms with Gasteiger partial charge in [-0.3, -0.25) is 4.79 Å². The predicted octanol–water partition coefficient (Wildman–Crippen LogP) is 6.94. The van der Waals surface area contributed by atoms with Crippen molar-refractivity contribution in [3.63, 3.8) is 0 Å². The molecule has 0 radical (unpaired) electrons. The van der Waals surface area contributed by atoms with Crippen LogP contribution in [0.4, 0.5) is 8.78 Å². The van der Waals surface area contributed by atoms with Gasteiger partial charge in [-0.1, -0.05) is 70.6 Å². The molecule has 0 spiro atoms. The molecule has 0 heterocycles. The molecule has 1 atom stereocenters. The van der Waals surface area contributed by atoms with Gasteiger partial charge in [0.15, 0.2) is 12.2 Å². The van der Waals surface area contributed by atoms with Crippen molar-refractivity contribution in [3.8, 4) is 5.75 Å². The van der Waals surface area contributed by atoms with E-state index in [1.807, 2.05) is 0 Å². The van der Waals surface area contributed by atoms with Gasteiger partial charge in [0.2, 0.25) is 0 Å². The summed E-state index contributed by atoms with van der Waals surface area (Å²) in [6.45, 7) is 6.28. The Balaban J connectivity index is 2.00. The smallest absolute Gasteiger partial charge is 0.336 e. The number of rotatable bonds is 19. The van der Waals surface area contributed by atoms with Crippen LogP contribution in [0, 0.1) is 11.6 Å². The van der Waals surface area contributed by atoms with E-state index in [0.717, 1.165) is 37.3 Å². The van der Waals surface area contributed by atoms with Crippen LogP contribution in [0.1, 0.15) is 83.3 Å². The number of carbonyl (C=O) groups is 2. The van der Waals surface area contributed by atoms with E-state index < -0.39 is 23.2 Å². The molecule has 0 bridgehead atoms. The monoisotopic (exact) mass is 547 g/mol. The van der Waals surface area contributed by atoms with Crippen LogP contribution in [0.2, 0.25) is 0 Å². The van der Waals surface area contributed by atoms with Gasteiger partial charge in [0.25, 0.3) is 5.91 Å². The molecule has 0 aliphatic heterocycles. The van der Waals surface area contributed by atoms with E-state index in [2.05, 4.69) is 6.92 Å². The Morgan fingerprint density at radius 1 is 0.923 bits per heavy atom. The summed E-state index contributed by atoms with van der Waals surface area (Å²) in [6.07, 6.45) is 8.14. The average Bonchev–Trinajstić information content (AvgIpc) is 2.92. The first-order valence-electron chi connectivity index (χ1n) is 14.0. The summed E-state index contributed by atoms with van der Waals surface area (Å²) in [6, 6.07) is 10.3. The molecule has 2 rings (SSSR count). The standard InChI is InChI=1S/C31H43F2NO5/c1-4-7-8-9-10-11-12-19-34(22-25-15-16-26(32)20-28(25)33)29(35)23-38-27-17-13-24(14-18-27)21-31(5-2,30(36)37)39-6-3/h13-18,20H,4-12,19,21-23H2,1-3H3,(H,36,37)/t31-/m0/s1. The number of hydrogen-bond donors (Lipinski definition) is 1. The van der Waals surface area contributed by atoms with E-state index in [0.29, 0.717) is 25.3 Å². The number of unbranched alkanes of at least 4 members (excludes halogenated alkanes) is 6. The van der Waals surface area contributed by atoms with Gasteiger partial charge in [-0.2, -0.15) is 0 Å². The first-order valence-corrected chi connectivity index (χ1v) is 14.0. The zero-order valence-electron chi connectivity index (χ0n) is 23.5. The molecule has 1 N–H and O–H groups in total. The van der Waals surface area contributed by atoms with Gasteiger partial charge in [-0.15, -0.1) is 0 Å². The van der Waals surface area contributed by atoms with Crippen molar-refractivity contribution in [1.29, 1.82) is 0 Å². The molecule has 0 aromatic heterocycles. The molecule has 2 aromatic rings. The Bertz CT molecular complexity index is 1030. The van der Waals surface area contributed by atoms with E-state index >= 15 is 0 Å². The SMILES string of the molecule is CCCCCCCCCN(Cc1ccc(F)cc1F)C(=O)COc1ccc(C[C@](CC)(OCC)C(=O)O)cc1. The van der Waals surface area contributed by atoms with Crippen molar-refractivity contribution in [2.75, 3.05) is 19.8 Å². The lowest BCUT2D eigenvalue weighted by atomic mass is 9.91. The second-order valence-corrected chi connectivity index (χ2v) is 9.87. The van der Waals surface area contributed by atoms with Gasteiger partial charge < -0.3 is 19.5 Å². The molecule has 1 amide bonds. The Morgan fingerprint density at radius 2 is 1.59 bits per heavy atom. The molecular weight excluding hydrogens is 504 g/mol. The summed E-state index contributed by atoms with van der Waals surface area (Å²) in [7, 11) is 0. The van der Waals surface area contributed by atoms with Gasteiger partial charge in [-0.05, 0) is 43.5 Å². The summed E-state index contributed by atoms with van der Waals surface area (Å²) < 4.78 is 39.0. The molecule has 0 saturated heterocycles. The maximum atomic E-state index is 14.3. The number of halogens is 2. The second-order valence-electron chi connectivity index (χ2n) is 9.87. The fraction of sp³-hybridized carbons (Fsp3) is 0.548. The van der Waals surface area contributed by atoms with Crippen LogP contribution < -0.4 is 4.74 Å². The number of carboxylic acids is 1. The second kappa shape index (κ2) is 16.9. The van der Waals surface area contributed by atoms with Crippen LogP contribution >= 0.6 is 0 Å². The highest BCUT2D eigenvalue weighted by atomic mass is 19.1. The Hall–Kier alpha value is -3.00. The zero-order chi connectivity index (χ0) is 28.7. The Morgan fingerprint density at radius 3 is 2.18 bits per heavy atom. The molecule has 0 fully saturated rings. The number of amides is 1. The van der Waals surface area contributed by atoms with E-state index in [4.69, 9.17) is 9.47 Å². The lowest BCUT2D eigenvalue weighted by Crippen LogP contribution is -2.43. The number of aliphatic carboxylic acids is 1. The van der Waals surface area contributed by atoms with Crippen molar-refractivity contribution in [3.05, 3.63) is 65.2 Å². The zero-order valence-corrected chi connectivity index (χ0v) is 23.5. The first-order chi connectivity index (χ1) is 18.7. The minimum Gasteiger partial charge on any atom is -0.484 e. The molecule has 0 unspecified atom stereocenters. The molecule has 216 valence electrons. The van der Waals surface area contributed by atoms with Gasteiger partial charge in [-0.25, -0.2) is 13.6 Å². The topological polar surface area (TPSA) is 76.1 Å². The third-order valence-electron chi connectivity index (χ3n) is 6.92. The molecule has 0 aliphatic carbocycles. The van der Waals surface area contributed by atoms with E-state index in [1.54, 1.807) is 43.0 Å². The van der Waals surface area contributed by atoms with E-state index in [-0.39, 0.29) is 31.0 Å². The highest BCUT2D eigenvalue weighted by Gasteiger charge is 2.37. The normalized spacial score (nSPS) is 12.6. The minimum atomic E-state index is -1.29. The third-order valence-corrected chi connectivity index (χ3v) is 6.92. The van der Waals surface area contributed by atoms with E-state index in [9.17, 15) is 23.5 Å². The number of benzene rings is 2. The molecule has 0 saturated carbocycles. The molecule has 39 heavy (non-hydrogen) atoms. The van der Waals surface area contributed by atoms with Crippen LogP contribution in [-0.2, 0) is 27.3 Å². The van der Waals surface area contributed by atoms with Crippen molar-refractivity contribution < 1.29 is 33.0 Å². The molecule has 8 heteroatoms. The number of nitrogens with zero attached hydrogens (tertiary/aromatic N) is 1. The molecule has 0 aliphatic rings. The number of carboxylic acid groups (broad SMARTS) is 1. The molecular formula is C31H43F2NO5. The lowest BCUT2D eigenvalue weighted by molar-refractivity contribution is -0.166. The van der Waals surface area contributed by atoms with Crippen molar-refractivity contribution in [2.45, 2.75) is 90.7 Å². The maximum Gasteiger partial charge on any atom is 0.336 e. The van der Waals surface area contributed by atoms with Crippen LogP contribution in [-0.4, -0.2) is 47.2 Å². The van der Waals surface area contributed by atoms with Crippen molar-refractivity contribution in [1.82, 2.24) is 4.90 Å². The highest BCUT2D eigenvalue weighted by molar-refractivity contribution is 5.78. The summed E-state index contributed by atoms with van der Waals surface area (Å²) in [5, 5.41) is 9.70. The number of hydrogen-bond acceptors (Lipinski definition) is 4. The summed E-state index contributed by atoms with van der Waals surface area (Å²) >= 11 is 0. The van der Waals surface area contributed by atoms with E-state index in [1.165, 1.54) is 31.4 Å². The Kier molecular flexibility index (Phi) is 13.9. The van der Waals surface area contributed by atoms with Crippen molar-refractivity contribution >= 4 is 11.9 Å². The average molecular weight is 548 g/mol. The summed E-state index contributed by atoms with van der Waals surface area (Å²) in [5.74, 6) is -2.17. The summed E-state index contributed by atoms with van der Waals surface area (Å²) in [4.78, 5) is 26.5. The van der Waals surface area contributed by atoms with Gasteiger partial charge in [0, 0.05) is 37.7 Å². The lowest BCUT2D eigenvalue weighted by Gasteiger charge is -2.28. The number of ether oxygens (including phenoxy) is 2. The third kappa shape index (κ3) is 10.6. The Labute approximate surface area is 231 Å². The minimum absolute atomic E-state index is 0.0365. The van der Waals surface area contributed by atoms with Crippen LogP contribution in [0.3, 0.4) is 0 Å². The van der Waals surface area contributed by atoms with Crippen molar-refractivity contribution in [2.24, 2.45) is 0 Å². The molecule has 2 aromatic carbocycles. The van der Waals surface area contributed by atoms with Crippen LogP contribution in [0.25, 0.3) is 0 Å².